The van der Waals surface area contributed by atoms with E-state index in [9.17, 15) is 14.4 Å². The normalized spacial score (nSPS) is 11.8. The maximum atomic E-state index is 11.1. The first-order chi connectivity index (χ1) is 18.8. The zero-order valence-corrected chi connectivity index (χ0v) is 25.1. The molecule has 0 aromatic carbocycles. The maximum absolute atomic E-state index is 11.1. The Balaban J connectivity index is 3.90. The summed E-state index contributed by atoms with van der Waals surface area (Å²) in [6.07, 6.45) is 28.5. The third-order valence-electron chi connectivity index (χ3n) is 7.79. The number of rotatable bonds is 30. The van der Waals surface area contributed by atoms with Gasteiger partial charge in [-0.25, -0.2) is 0 Å². The molecule has 0 aliphatic rings. The van der Waals surface area contributed by atoms with E-state index in [4.69, 9.17) is 15.3 Å². The minimum absolute atomic E-state index is 0.0785. The molecule has 0 heterocycles. The summed E-state index contributed by atoms with van der Waals surface area (Å²) in [5, 5.41) is 27.4. The lowest BCUT2D eigenvalue weighted by Crippen LogP contribution is -2.52. The van der Waals surface area contributed by atoms with E-state index >= 15 is 0 Å². The van der Waals surface area contributed by atoms with Crippen molar-refractivity contribution in [2.45, 2.75) is 148 Å². The van der Waals surface area contributed by atoms with Gasteiger partial charge in [-0.2, -0.15) is 0 Å². The van der Waals surface area contributed by atoms with Crippen molar-refractivity contribution < 1.29 is 34.2 Å². The Kier molecular flexibility index (Phi) is 25.1. The highest BCUT2D eigenvalue weighted by molar-refractivity contribution is 5.67. The third kappa shape index (κ3) is 26.1. The zero-order valence-electron chi connectivity index (χ0n) is 25.1. The van der Waals surface area contributed by atoms with E-state index in [1.165, 1.54) is 83.5 Å². The van der Waals surface area contributed by atoms with Crippen molar-refractivity contribution in [3.8, 4) is 0 Å². The fraction of sp³-hybridized carbons (Fsp3) is 0.844. The van der Waals surface area contributed by atoms with Gasteiger partial charge in [-0.3, -0.25) is 14.4 Å². The molecule has 0 aliphatic heterocycles. The Morgan fingerprint density at radius 2 is 0.769 bits per heavy atom. The SMILES string of the molecule is CCCCCCCCCCCCCC/C=C/CCCCCCC[N+](CCC(=O)O)(CCC(=O)O)CCC(=O)O. The van der Waals surface area contributed by atoms with Gasteiger partial charge >= 0.3 is 17.9 Å². The maximum Gasteiger partial charge on any atom is 0.309 e. The molecule has 0 bridgehead atoms. The van der Waals surface area contributed by atoms with Crippen LogP contribution in [0, 0.1) is 0 Å². The minimum Gasteiger partial charge on any atom is -0.481 e. The molecule has 0 rings (SSSR count). The summed E-state index contributed by atoms with van der Waals surface area (Å²) < 4.78 is 0.257. The number of aliphatic carboxylic acids is 3. The number of unbranched alkanes of at least 4 members (excludes halogenated alkanes) is 17. The molecule has 0 unspecified atom stereocenters. The van der Waals surface area contributed by atoms with Crippen molar-refractivity contribution >= 4 is 17.9 Å². The highest BCUT2D eigenvalue weighted by atomic mass is 16.4. The summed E-state index contributed by atoms with van der Waals surface area (Å²) in [7, 11) is 0. The average Bonchev–Trinajstić information content (AvgIpc) is 2.90. The van der Waals surface area contributed by atoms with Crippen LogP contribution in [0.2, 0.25) is 0 Å². The van der Waals surface area contributed by atoms with Gasteiger partial charge in [0.25, 0.3) is 0 Å². The molecule has 7 nitrogen and oxygen atoms in total. The van der Waals surface area contributed by atoms with Crippen LogP contribution in [0.25, 0.3) is 0 Å². The van der Waals surface area contributed by atoms with E-state index in [0.29, 0.717) is 6.54 Å². The van der Waals surface area contributed by atoms with Crippen LogP contribution in [0.3, 0.4) is 0 Å². The van der Waals surface area contributed by atoms with E-state index in [1.54, 1.807) is 0 Å². The van der Waals surface area contributed by atoms with Crippen LogP contribution in [0.1, 0.15) is 148 Å². The molecule has 3 N–H and O–H groups in total. The number of hydrogen-bond acceptors (Lipinski definition) is 3. The summed E-state index contributed by atoms with van der Waals surface area (Å²) in [4.78, 5) is 33.4. The molecular formula is C32H60NO6+. The Morgan fingerprint density at radius 3 is 1.10 bits per heavy atom. The lowest BCUT2D eigenvalue weighted by Gasteiger charge is -2.38. The molecule has 0 aromatic rings. The molecule has 0 atom stereocenters. The summed E-state index contributed by atoms with van der Waals surface area (Å²) in [6.45, 7) is 3.73. The van der Waals surface area contributed by atoms with Crippen LogP contribution in [-0.4, -0.2) is 63.9 Å². The molecule has 39 heavy (non-hydrogen) atoms. The van der Waals surface area contributed by atoms with Gasteiger partial charge in [0.05, 0.1) is 45.4 Å². The number of carboxylic acid groups (broad SMARTS) is 3. The van der Waals surface area contributed by atoms with Gasteiger partial charge in [0.1, 0.15) is 0 Å². The number of carboxylic acids is 3. The quantitative estimate of drug-likeness (QED) is 0.0468. The van der Waals surface area contributed by atoms with Crippen LogP contribution in [-0.2, 0) is 14.4 Å². The number of quaternary nitrogens is 1. The van der Waals surface area contributed by atoms with Gasteiger partial charge in [-0.15, -0.1) is 0 Å². The highest BCUT2D eigenvalue weighted by Crippen LogP contribution is 2.17. The van der Waals surface area contributed by atoms with E-state index in [0.717, 1.165) is 38.5 Å². The van der Waals surface area contributed by atoms with Crippen molar-refractivity contribution in [3.63, 3.8) is 0 Å². The average molecular weight is 555 g/mol. The summed E-state index contributed by atoms with van der Waals surface area (Å²) in [5.74, 6) is -2.81. The van der Waals surface area contributed by atoms with Gasteiger partial charge < -0.3 is 19.8 Å². The molecule has 0 saturated heterocycles. The molecular weight excluding hydrogens is 494 g/mol. The predicted molar refractivity (Wildman–Crippen MR) is 159 cm³/mol. The van der Waals surface area contributed by atoms with Crippen LogP contribution < -0.4 is 0 Å². The second-order valence-electron chi connectivity index (χ2n) is 11.4. The van der Waals surface area contributed by atoms with Crippen molar-refractivity contribution in [2.24, 2.45) is 0 Å². The fourth-order valence-electron chi connectivity index (χ4n) is 5.25. The molecule has 0 saturated carbocycles. The van der Waals surface area contributed by atoms with Gasteiger partial charge in [-0.05, 0) is 38.5 Å². The molecule has 0 radical (unpaired) electrons. The Morgan fingerprint density at radius 1 is 0.462 bits per heavy atom. The molecule has 0 amide bonds. The van der Waals surface area contributed by atoms with Crippen LogP contribution in [0.5, 0.6) is 0 Å². The second kappa shape index (κ2) is 26.3. The van der Waals surface area contributed by atoms with Gasteiger partial charge in [0, 0.05) is 0 Å². The summed E-state index contributed by atoms with van der Waals surface area (Å²) >= 11 is 0. The van der Waals surface area contributed by atoms with E-state index in [-0.39, 0.29) is 43.4 Å². The van der Waals surface area contributed by atoms with Crippen molar-refractivity contribution in [3.05, 3.63) is 12.2 Å². The molecule has 228 valence electrons. The van der Waals surface area contributed by atoms with Gasteiger partial charge in [0.15, 0.2) is 0 Å². The highest BCUT2D eigenvalue weighted by Gasteiger charge is 2.29. The monoisotopic (exact) mass is 554 g/mol. The third-order valence-corrected chi connectivity index (χ3v) is 7.79. The smallest absolute Gasteiger partial charge is 0.309 e. The fourth-order valence-corrected chi connectivity index (χ4v) is 5.25. The lowest BCUT2D eigenvalue weighted by atomic mass is 10.0. The molecule has 7 heteroatoms. The Hall–Kier alpha value is -1.89. The van der Waals surface area contributed by atoms with E-state index < -0.39 is 17.9 Å². The molecule has 0 fully saturated rings. The standard InChI is InChI=1S/C32H59NO6/c1-2-3-4-5-6-7-8-9-10-11-12-13-14-15-16-17-18-19-20-21-22-26-33(27-23-30(34)35,28-24-31(36)37)29-25-32(38)39/h15-16H,2-14,17-29H2,1H3,(H2-,34,35,36,37,38,39)/p+1/b16-15+. The number of hydrogen-bond donors (Lipinski definition) is 3. The number of nitrogens with zero attached hydrogens (tertiary/aromatic N) is 1. The first kappa shape index (κ1) is 37.1. The van der Waals surface area contributed by atoms with Crippen molar-refractivity contribution in [1.82, 2.24) is 0 Å². The van der Waals surface area contributed by atoms with Crippen molar-refractivity contribution in [1.29, 1.82) is 0 Å². The first-order valence-electron chi connectivity index (χ1n) is 16.0. The zero-order chi connectivity index (χ0) is 29.0. The minimum atomic E-state index is -0.935. The van der Waals surface area contributed by atoms with Crippen LogP contribution >= 0.6 is 0 Å². The molecule has 0 aliphatic carbocycles. The first-order valence-corrected chi connectivity index (χ1v) is 16.0. The predicted octanol–water partition coefficient (Wildman–Crippen LogP) is 8.22. The largest absolute Gasteiger partial charge is 0.481 e. The Labute approximate surface area is 238 Å². The van der Waals surface area contributed by atoms with E-state index in [2.05, 4.69) is 19.1 Å². The summed E-state index contributed by atoms with van der Waals surface area (Å²) in [6, 6.07) is 0. The van der Waals surface area contributed by atoms with Crippen LogP contribution in [0.4, 0.5) is 0 Å². The van der Waals surface area contributed by atoms with Gasteiger partial charge in [0.2, 0.25) is 0 Å². The Bertz CT molecular complexity index is 603. The van der Waals surface area contributed by atoms with E-state index in [1.807, 2.05) is 0 Å². The topological polar surface area (TPSA) is 112 Å². The molecule has 0 aromatic heterocycles. The lowest BCUT2D eigenvalue weighted by molar-refractivity contribution is -0.927. The second-order valence-corrected chi connectivity index (χ2v) is 11.4. The van der Waals surface area contributed by atoms with Crippen molar-refractivity contribution in [2.75, 3.05) is 26.2 Å². The molecule has 0 spiro atoms. The number of allylic oxidation sites excluding steroid dienone is 2. The number of carbonyl (C=O) groups is 3. The van der Waals surface area contributed by atoms with Crippen LogP contribution in [0.15, 0.2) is 12.2 Å². The van der Waals surface area contributed by atoms with Gasteiger partial charge in [-0.1, -0.05) is 103 Å². The summed E-state index contributed by atoms with van der Waals surface area (Å²) in [5.41, 5.74) is 0.